The molecule has 0 saturated heterocycles. The van der Waals surface area contributed by atoms with Crippen LogP contribution in [0.3, 0.4) is 0 Å². The third-order valence-corrected chi connectivity index (χ3v) is 4.82. The number of nitro benzene ring substituents is 1. The first-order chi connectivity index (χ1) is 12.0. The molecule has 0 spiro atoms. The number of nitrogens with zero attached hydrogens (tertiary/aromatic N) is 3. The predicted molar refractivity (Wildman–Crippen MR) is 91.4 cm³/mol. The Kier molecular flexibility index (Phi) is 5.28. The lowest BCUT2D eigenvalue weighted by Crippen LogP contribution is -2.11. The van der Waals surface area contributed by atoms with Crippen molar-refractivity contribution in [2.24, 2.45) is 0 Å². The fourth-order valence-electron chi connectivity index (χ4n) is 2.21. The zero-order chi connectivity index (χ0) is 17.8. The standard InChI is InChI=1S/C14H12N4O5S2/c19-18(20)10-5-3-9(4-6-10)11(8-23-25(21)22)13-16-17-14(24-13)12-2-1-7-15-12/h1-7,11,15H,8H2,(H,21,22)/t11-/m0/s1. The predicted octanol–water partition coefficient (Wildman–Crippen LogP) is 2.73. The minimum Gasteiger partial charge on any atom is -0.359 e. The molecule has 2 heterocycles. The summed E-state index contributed by atoms with van der Waals surface area (Å²) >= 11 is -1.12. The highest BCUT2D eigenvalue weighted by Crippen LogP contribution is 2.32. The molecule has 0 aliphatic carbocycles. The van der Waals surface area contributed by atoms with Gasteiger partial charge in [0.05, 0.1) is 23.1 Å². The van der Waals surface area contributed by atoms with E-state index in [2.05, 4.69) is 15.2 Å². The highest BCUT2D eigenvalue weighted by Gasteiger charge is 2.22. The summed E-state index contributed by atoms with van der Waals surface area (Å²) in [7, 11) is 0. The number of aromatic nitrogens is 3. The lowest BCUT2D eigenvalue weighted by atomic mass is 10.0. The van der Waals surface area contributed by atoms with Crippen molar-refractivity contribution in [1.82, 2.24) is 15.2 Å². The molecule has 0 amide bonds. The van der Waals surface area contributed by atoms with Crippen LogP contribution in [0.2, 0.25) is 0 Å². The van der Waals surface area contributed by atoms with Gasteiger partial charge >= 0.3 is 11.4 Å². The van der Waals surface area contributed by atoms with Crippen molar-refractivity contribution in [2.45, 2.75) is 5.92 Å². The quantitative estimate of drug-likeness (QED) is 0.366. The van der Waals surface area contributed by atoms with Gasteiger partial charge in [-0.25, -0.2) is 0 Å². The molecule has 11 heteroatoms. The van der Waals surface area contributed by atoms with E-state index in [1.165, 1.54) is 23.5 Å². The van der Waals surface area contributed by atoms with E-state index in [0.29, 0.717) is 15.6 Å². The summed E-state index contributed by atoms with van der Waals surface area (Å²) in [6.07, 6.45) is 1.77. The summed E-state index contributed by atoms with van der Waals surface area (Å²) in [5.74, 6) is -0.474. The molecule has 1 aromatic carbocycles. The SMILES string of the molecule is O=[N+]([O-])c1ccc([C@H](COS(=O)O)c2nnc(-c3ccc[nH]3)s2)cc1. The van der Waals surface area contributed by atoms with Crippen LogP contribution in [0.1, 0.15) is 16.5 Å². The van der Waals surface area contributed by atoms with Crippen molar-refractivity contribution in [2.75, 3.05) is 6.61 Å². The average molecular weight is 380 g/mol. The molecule has 0 bridgehead atoms. The number of hydrogen-bond donors (Lipinski definition) is 2. The second kappa shape index (κ2) is 7.61. The van der Waals surface area contributed by atoms with Crippen molar-refractivity contribution in [3.05, 3.63) is 63.3 Å². The maximum atomic E-state index is 10.9. The van der Waals surface area contributed by atoms with Gasteiger partial charge in [0, 0.05) is 18.3 Å². The first-order valence-corrected chi connectivity index (χ1v) is 8.85. The average Bonchev–Trinajstić information content (AvgIpc) is 3.26. The van der Waals surface area contributed by atoms with Crippen molar-refractivity contribution >= 4 is 28.4 Å². The molecule has 2 aromatic heterocycles. The van der Waals surface area contributed by atoms with E-state index in [-0.39, 0.29) is 12.3 Å². The third kappa shape index (κ3) is 4.14. The summed E-state index contributed by atoms with van der Waals surface area (Å²) in [5, 5.41) is 20.3. The fourth-order valence-corrected chi connectivity index (χ4v) is 3.41. The van der Waals surface area contributed by atoms with Crippen molar-refractivity contribution < 1.29 is 17.9 Å². The minimum atomic E-state index is -2.43. The zero-order valence-corrected chi connectivity index (χ0v) is 14.2. The number of H-pyrrole nitrogens is 1. The molecule has 25 heavy (non-hydrogen) atoms. The van der Waals surface area contributed by atoms with E-state index in [1.54, 1.807) is 18.3 Å². The van der Waals surface area contributed by atoms with Crippen LogP contribution in [0.5, 0.6) is 0 Å². The maximum absolute atomic E-state index is 10.9. The van der Waals surface area contributed by atoms with E-state index < -0.39 is 22.2 Å². The Morgan fingerprint density at radius 3 is 2.68 bits per heavy atom. The molecular weight excluding hydrogens is 368 g/mol. The van der Waals surface area contributed by atoms with Gasteiger partial charge < -0.3 is 4.98 Å². The minimum absolute atomic E-state index is 0.0431. The van der Waals surface area contributed by atoms with Gasteiger partial charge in [0.1, 0.15) is 5.01 Å². The molecule has 0 fully saturated rings. The number of nitrogens with one attached hydrogen (secondary N) is 1. The van der Waals surface area contributed by atoms with Gasteiger partial charge in [0.2, 0.25) is 0 Å². The molecular formula is C14H12N4O5S2. The number of benzene rings is 1. The molecule has 1 unspecified atom stereocenters. The van der Waals surface area contributed by atoms with Crippen LogP contribution in [-0.4, -0.2) is 35.5 Å². The first-order valence-electron chi connectivity index (χ1n) is 7.00. The van der Waals surface area contributed by atoms with Crippen LogP contribution in [0, 0.1) is 10.1 Å². The normalized spacial score (nSPS) is 13.5. The summed E-state index contributed by atoms with van der Waals surface area (Å²) in [6, 6.07) is 9.56. The second-order valence-corrected chi connectivity index (χ2v) is 6.61. The molecule has 9 nitrogen and oxygen atoms in total. The molecule has 0 aliphatic rings. The van der Waals surface area contributed by atoms with Gasteiger partial charge in [-0.3, -0.25) is 18.9 Å². The van der Waals surface area contributed by atoms with Gasteiger partial charge in [0.15, 0.2) is 5.01 Å². The Labute approximate surface area is 148 Å². The monoisotopic (exact) mass is 380 g/mol. The Bertz CT molecular complexity index is 879. The Morgan fingerprint density at radius 1 is 1.32 bits per heavy atom. The summed E-state index contributed by atoms with van der Waals surface area (Å²) < 4.78 is 24.6. The highest BCUT2D eigenvalue weighted by molar-refractivity contribution is 7.74. The third-order valence-electron chi connectivity index (χ3n) is 3.41. The Balaban J connectivity index is 1.91. The lowest BCUT2D eigenvalue weighted by molar-refractivity contribution is -0.384. The van der Waals surface area contributed by atoms with Crippen LogP contribution in [0.25, 0.3) is 10.7 Å². The lowest BCUT2D eigenvalue weighted by Gasteiger charge is -2.12. The van der Waals surface area contributed by atoms with Gasteiger partial charge in [-0.2, -0.15) is 4.21 Å². The molecule has 2 N–H and O–H groups in total. The zero-order valence-electron chi connectivity index (χ0n) is 12.6. The molecule has 3 aromatic rings. The number of rotatable bonds is 7. The van der Waals surface area contributed by atoms with Crippen LogP contribution in [0.15, 0.2) is 42.6 Å². The summed E-state index contributed by atoms with van der Waals surface area (Å²) in [5.41, 5.74) is 1.43. The molecule has 3 rings (SSSR count). The first kappa shape index (κ1) is 17.4. The number of nitro groups is 1. The van der Waals surface area contributed by atoms with Gasteiger partial charge in [-0.05, 0) is 17.7 Å². The number of aromatic amines is 1. The van der Waals surface area contributed by atoms with Crippen LogP contribution in [0.4, 0.5) is 5.69 Å². The summed E-state index contributed by atoms with van der Waals surface area (Å²) in [4.78, 5) is 13.3. The van der Waals surface area contributed by atoms with Crippen LogP contribution >= 0.6 is 11.3 Å². The smallest absolute Gasteiger partial charge is 0.301 e. The van der Waals surface area contributed by atoms with Crippen LogP contribution in [-0.2, 0) is 15.5 Å². The molecule has 2 atom stereocenters. The topological polar surface area (TPSA) is 131 Å². The van der Waals surface area contributed by atoms with Gasteiger partial charge in [-0.15, -0.1) is 10.2 Å². The summed E-state index contributed by atoms with van der Waals surface area (Å²) in [6.45, 7) is -0.111. The Hall–Kier alpha value is -2.47. The molecule has 130 valence electrons. The van der Waals surface area contributed by atoms with Crippen LogP contribution < -0.4 is 0 Å². The van der Waals surface area contributed by atoms with E-state index in [1.807, 2.05) is 12.1 Å². The number of hydrogen-bond acceptors (Lipinski definition) is 7. The largest absolute Gasteiger partial charge is 0.359 e. The van der Waals surface area contributed by atoms with E-state index in [0.717, 1.165) is 5.69 Å². The van der Waals surface area contributed by atoms with E-state index in [4.69, 9.17) is 8.74 Å². The van der Waals surface area contributed by atoms with Gasteiger partial charge in [-0.1, -0.05) is 23.5 Å². The molecule has 0 saturated carbocycles. The molecule has 0 aliphatic heterocycles. The van der Waals surface area contributed by atoms with Crippen molar-refractivity contribution in [3.63, 3.8) is 0 Å². The van der Waals surface area contributed by atoms with Gasteiger partial charge in [0.25, 0.3) is 5.69 Å². The van der Waals surface area contributed by atoms with E-state index >= 15 is 0 Å². The van der Waals surface area contributed by atoms with E-state index in [9.17, 15) is 14.3 Å². The molecule has 0 radical (unpaired) electrons. The van der Waals surface area contributed by atoms with Crippen molar-refractivity contribution in [1.29, 1.82) is 0 Å². The Morgan fingerprint density at radius 2 is 2.08 bits per heavy atom. The maximum Gasteiger partial charge on any atom is 0.301 e. The number of non-ortho nitro benzene ring substituents is 1. The fraction of sp³-hybridized carbons (Fsp3) is 0.143. The second-order valence-electron chi connectivity index (χ2n) is 4.93. The highest BCUT2D eigenvalue weighted by atomic mass is 32.2. The van der Waals surface area contributed by atoms with Crippen molar-refractivity contribution in [3.8, 4) is 10.7 Å².